The Kier molecular flexibility index (Phi) is 5.09. The van der Waals surface area contributed by atoms with Crippen LogP contribution in [0.4, 0.5) is 0 Å². The van der Waals surface area contributed by atoms with Crippen molar-refractivity contribution in [1.82, 2.24) is 5.32 Å². The lowest BCUT2D eigenvalue weighted by Gasteiger charge is -2.01. The maximum atomic E-state index is 10.7. The smallest absolute Gasteiger partial charge is 0.357 e. The summed E-state index contributed by atoms with van der Waals surface area (Å²) in [5.74, 6) is -0.445. The summed E-state index contributed by atoms with van der Waals surface area (Å²) in [5, 5.41) is 2.61. The molecule has 0 aliphatic rings. The fourth-order valence-electron chi connectivity index (χ4n) is 0.364. The molecule has 0 saturated heterocycles. The fourth-order valence-corrected chi connectivity index (χ4v) is 0.618. The molecule has 0 spiro atoms. The molecule has 0 bridgehead atoms. The van der Waals surface area contributed by atoms with Crippen molar-refractivity contribution in [3.05, 3.63) is 12.0 Å². The second-order valence-electron chi connectivity index (χ2n) is 1.36. The summed E-state index contributed by atoms with van der Waals surface area (Å²) in [5.41, 5.74) is 0.289. The summed E-state index contributed by atoms with van der Waals surface area (Å²) in [4.78, 5) is 10.7. The number of carbonyl (C=O) groups excluding carboxylic acids is 1. The van der Waals surface area contributed by atoms with Crippen molar-refractivity contribution < 1.29 is 12.6 Å². The second-order valence-corrected chi connectivity index (χ2v) is 1.87. The van der Waals surface area contributed by atoms with E-state index < -0.39 is 5.97 Å². The normalized spacial score (nSPS) is 10.5. The summed E-state index contributed by atoms with van der Waals surface area (Å²) in [6, 6.07) is 0. The average molecular weight is 257 g/mol. The van der Waals surface area contributed by atoms with Crippen molar-refractivity contribution in [1.29, 1.82) is 0 Å². The zero-order valence-electron chi connectivity index (χ0n) is 5.68. The first kappa shape index (κ1) is 9.54. The molecule has 4 nitrogen and oxygen atoms in total. The number of methoxy groups -OCH3 is 1. The maximum Gasteiger partial charge on any atom is 0.357 e. The number of halogens is 1. The highest BCUT2D eigenvalue weighted by molar-refractivity contribution is 14.1. The van der Waals surface area contributed by atoms with Gasteiger partial charge in [-0.05, 0) is 0 Å². The first-order valence-corrected chi connectivity index (χ1v) is 3.38. The van der Waals surface area contributed by atoms with Gasteiger partial charge in [-0.2, -0.15) is 0 Å². The van der Waals surface area contributed by atoms with Crippen molar-refractivity contribution in [3.63, 3.8) is 0 Å². The molecule has 0 atom stereocenters. The standard InChI is InChI=1S/C5H8INO3/c1-7-4(3-10-6)5(8)9-2/h3,7H,1-2H3/b4-3-. The van der Waals surface area contributed by atoms with Gasteiger partial charge >= 0.3 is 5.97 Å². The Morgan fingerprint density at radius 3 is 2.60 bits per heavy atom. The monoisotopic (exact) mass is 257 g/mol. The third-order valence-corrected chi connectivity index (χ3v) is 1.09. The van der Waals surface area contributed by atoms with Crippen molar-refractivity contribution in [2.75, 3.05) is 14.2 Å². The molecule has 0 aromatic rings. The van der Waals surface area contributed by atoms with Crippen LogP contribution in [0.3, 0.4) is 0 Å². The lowest BCUT2D eigenvalue weighted by Crippen LogP contribution is -2.17. The molecule has 58 valence electrons. The molecule has 10 heavy (non-hydrogen) atoms. The van der Waals surface area contributed by atoms with E-state index in [9.17, 15) is 4.79 Å². The number of carbonyl (C=O) groups is 1. The Morgan fingerprint density at radius 1 is 1.70 bits per heavy atom. The molecule has 0 rings (SSSR count). The molecule has 1 N–H and O–H groups in total. The minimum absolute atomic E-state index is 0.289. The van der Waals surface area contributed by atoms with E-state index in [1.54, 1.807) is 30.1 Å². The summed E-state index contributed by atoms with van der Waals surface area (Å²) in [7, 11) is 2.92. The largest absolute Gasteiger partial charge is 0.464 e. The average Bonchev–Trinajstić information content (AvgIpc) is 1.99. The number of ether oxygens (including phenoxy) is 1. The van der Waals surface area contributed by atoms with Gasteiger partial charge in [-0.25, -0.2) is 4.79 Å². The molecule has 0 aliphatic heterocycles. The number of esters is 1. The second kappa shape index (κ2) is 5.33. The lowest BCUT2D eigenvalue weighted by molar-refractivity contribution is -0.136. The van der Waals surface area contributed by atoms with E-state index in [0.717, 1.165) is 0 Å². The van der Waals surface area contributed by atoms with Crippen LogP contribution in [0.1, 0.15) is 0 Å². The molecule has 0 radical (unpaired) electrons. The van der Waals surface area contributed by atoms with Gasteiger partial charge in [0.25, 0.3) is 0 Å². The molecular formula is C5H8INO3. The number of hydrogen-bond acceptors (Lipinski definition) is 4. The lowest BCUT2D eigenvalue weighted by atomic mass is 10.5. The minimum Gasteiger partial charge on any atom is -0.464 e. The molecule has 0 aliphatic carbocycles. The predicted octanol–water partition coefficient (Wildman–Crippen LogP) is 0.587. The van der Waals surface area contributed by atoms with Crippen LogP contribution < -0.4 is 5.32 Å². The molecule has 0 unspecified atom stereocenters. The summed E-state index contributed by atoms with van der Waals surface area (Å²) < 4.78 is 8.97. The molecule has 0 heterocycles. The number of rotatable bonds is 3. The van der Waals surface area contributed by atoms with E-state index >= 15 is 0 Å². The van der Waals surface area contributed by atoms with E-state index in [1.165, 1.54) is 13.4 Å². The third-order valence-electron chi connectivity index (χ3n) is 0.837. The highest BCUT2D eigenvalue weighted by Crippen LogP contribution is 1.95. The third kappa shape index (κ3) is 2.90. The van der Waals surface area contributed by atoms with Gasteiger partial charge in [0.2, 0.25) is 0 Å². The van der Waals surface area contributed by atoms with Gasteiger partial charge < -0.3 is 13.1 Å². The van der Waals surface area contributed by atoms with Crippen LogP contribution in [0.25, 0.3) is 0 Å². The van der Waals surface area contributed by atoms with E-state index in [-0.39, 0.29) is 5.70 Å². The number of nitrogens with one attached hydrogen (secondary N) is 1. The Balaban J connectivity index is 4.06. The number of hydrogen-bond donors (Lipinski definition) is 1. The molecule has 0 amide bonds. The first-order valence-electron chi connectivity index (χ1n) is 2.50. The molecule has 0 saturated carbocycles. The molecular weight excluding hydrogens is 249 g/mol. The quantitative estimate of drug-likeness (QED) is 0.348. The van der Waals surface area contributed by atoms with E-state index in [4.69, 9.17) is 0 Å². The molecule has 0 aromatic carbocycles. The van der Waals surface area contributed by atoms with Gasteiger partial charge in [0.1, 0.15) is 6.26 Å². The van der Waals surface area contributed by atoms with E-state index in [0.29, 0.717) is 0 Å². The van der Waals surface area contributed by atoms with Crippen LogP contribution in [0, 0.1) is 0 Å². The number of likely N-dealkylation sites (N-methyl/N-ethyl adjacent to an activating group) is 1. The van der Waals surface area contributed by atoms with Crippen LogP contribution in [0.5, 0.6) is 0 Å². The van der Waals surface area contributed by atoms with Crippen LogP contribution in [0.15, 0.2) is 12.0 Å². The predicted molar refractivity (Wildman–Crippen MR) is 44.3 cm³/mol. The Labute approximate surface area is 73.3 Å². The zero-order chi connectivity index (χ0) is 7.98. The fraction of sp³-hybridized carbons (Fsp3) is 0.400. The van der Waals surface area contributed by atoms with Gasteiger partial charge in [0.15, 0.2) is 28.7 Å². The van der Waals surface area contributed by atoms with Crippen molar-refractivity contribution in [2.24, 2.45) is 0 Å². The van der Waals surface area contributed by atoms with Crippen molar-refractivity contribution >= 4 is 29.0 Å². The molecule has 0 aromatic heterocycles. The summed E-state index contributed by atoms with van der Waals surface area (Å²) in [6.45, 7) is 0. The Morgan fingerprint density at radius 2 is 2.30 bits per heavy atom. The maximum absolute atomic E-state index is 10.7. The Hall–Kier alpha value is -0.460. The van der Waals surface area contributed by atoms with E-state index in [1.807, 2.05) is 0 Å². The van der Waals surface area contributed by atoms with Gasteiger partial charge in [0.05, 0.1) is 7.11 Å². The van der Waals surface area contributed by atoms with Crippen LogP contribution in [-0.2, 0) is 12.6 Å². The SMILES string of the molecule is CN/C(=C\OI)C(=O)OC. The highest BCUT2D eigenvalue weighted by Gasteiger charge is 2.05. The molecule has 5 heteroatoms. The topological polar surface area (TPSA) is 47.6 Å². The van der Waals surface area contributed by atoms with Crippen LogP contribution in [-0.4, -0.2) is 20.1 Å². The van der Waals surface area contributed by atoms with Crippen molar-refractivity contribution in [3.8, 4) is 0 Å². The molecule has 0 fully saturated rings. The van der Waals surface area contributed by atoms with Crippen LogP contribution >= 0.6 is 23.0 Å². The van der Waals surface area contributed by atoms with Gasteiger partial charge in [-0.15, -0.1) is 0 Å². The van der Waals surface area contributed by atoms with E-state index in [2.05, 4.69) is 13.1 Å². The summed E-state index contributed by atoms with van der Waals surface area (Å²) in [6.07, 6.45) is 1.27. The van der Waals surface area contributed by atoms with Crippen LogP contribution in [0.2, 0.25) is 0 Å². The van der Waals surface area contributed by atoms with Crippen molar-refractivity contribution in [2.45, 2.75) is 0 Å². The first-order chi connectivity index (χ1) is 4.76. The minimum atomic E-state index is -0.445. The van der Waals surface area contributed by atoms with Gasteiger partial charge in [-0.1, -0.05) is 0 Å². The zero-order valence-corrected chi connectivity index (χ0v) is 7.84. The summed E-state index contributed by atoms with van der Waals surface area (Å²) >= 11 is 1.65. The van der Waals surface area contributed by atoms with Gasteiger partial charge in [-0.3, -0.25) is 0 Å². The Bertz CT molecular complexity index is 146. The highest BCUT2D eigenvalue weighted by atomic mass is 127. The van der Waals surface area contributed by atoms with Gasteiger partial charge in [0, 0.05) is 7.05 Å².